The molecule has 8 heteroatoms. The van der Waals surface area contributed by atoms with Crippen molar-refractivity contribution < 1.29 is 38.9 Å². The van der Waals surface area contributed by atoms with Crippen LogP contribution in [0.2, 0.25) is 0 Å². The highest BCUT2D eigenvalue weighted by atomic mass is 16.5. The lowest BCUT2D eigenvalue weighted by Crippen LogP contribution is -2.40. The molecule has 0 heterocycles. The van der Waals surface area contributed by atoms with E-state index in [1.54, 1.807) is 37.3 Å². The molecule has 198 valence electrons. The van der Waals surface area contributed by atoms with Crippen LogP contribution in [0.1, 0.15) is 83.1 Å². The topological polar surface area (TPSA) is 127 Å². The number of ether oxygens (including phenoxy) is 2. The van der Waals surface area contributed by atoms with Crippen LogP contribution in [0.25, 0.3) is 0 Å². The number of aliphatic carboxylic acids is 2. The van der Waals surface area contributed by atoms with Crippen molar-refractivity contribution in [1.82, 2.24) is 0 Å². The van der Waals surface area contributed by atoms with Crippen LogP contribution in [-0.4, -0.2) is 46.3 Å². The molecule has 0 spiro atoms. The van der Waals surface area contributed by atoms with E-state index >= 15 is 0 Å². The van der Waals surface area contributed by atoms with Crippen LogP contribution in [0.5, 0.6) is 0 Å². The monoisotopic (exact) mass is 502 g/mol. The Kier molecular flexibility index (Phi) is 12.2. The third-order valence-electron chi connectivity index (χ3n) is 6.80. The molecule has 0 radical (unpaired) electrons. The Morgan fingerprint density at radius 1 is 0.778 bits per heavy atom. The summed E-state index contributed by atoms with van der Waals surface area (Å²) in [5.41, 5.74) is -1.00. The third-order valence-corrected chi connectivity index (χ3v) is 6.80. The second-order valence-corrected chi connectivity index (χ2v) is 9.44. The molecular formula is C28H38O8. The molecule has 0 atom stereocenters. The molecule has 0 amide bonds. The van der Waals surface area contributed by atoms with Crippen molar-refractivity contribution in [2.75, 3.05) is 0 Å². The normalized spacial score (nSPS) is 17.0. The van der Waals surface area contributed by atoms with Gasteiger partial charge in [0.25, 0.3) is 0 Å². The predicted molar refractivity (Wildman–Crippen MR) is 133 cm³/mol. The summed E-state index contributed by atoms with van der Waals surface area (Å²) in [6, 6.07) is 8.80. The maximum absolute atomic E-state index is 11.6. The lowest BCUT2D eigenvalue weighted by atomic mass is 9.79. The molecule has 0 bridgehead atoms. The highest BCUT2D eigenvalue weighted by molar-refractivity contribution is 5.98. The van der Waals surface area contributed by atoms with Crippen molar-refractivity contribution in [3.05, 3.63) is 48.0 Å². The van der Waals surface area contributed by atoms with Gasteiger partial charge in [-0.15, -0.1) is 0 Å². The molecule has 0 aliphatic heterocycles. The first kappa shape index (κ1) is 29.1. The summed E-state index contributed by atoms with van der Waals surface area (Å²) in [4.78, 5) is 45.4. The van der Waals surface area contributed by atoms with Gasteiger partial charge in [-0.1, -0.05) is 50.1 Å². The SMILES string of the molecule is CCC(Cc1ccccc1)(C(=O)O)C(=O)O.O=C(/C=C\C(=O)OC1CCCCC1)OC1CCCCC1. The quantitative estimate of drug-likeness (QED) is 0.272. The Labute approximate surface area is 212 Å². The minimum Gasteiger partial charge on any atom is -0.480 e. The number of carboxylic acid groups (broad SMARTS) is 2. The maximum atomic E-state index is 11.6. The van der Waals surface area contributed by atoms with Gasteiger partial charge in [0.05, 0.1) is 0 Å². The van der Waals surface area contributed by atoms with Crippen LogP contribution >= 0.6 is 0 Å². The standard InChI is InChI=1S/C16H24O4.C12H14O4/c17-15(19-13-7-3-1-4-8-13)11-12-16(18)20-14-9-5-2-6-10-14;1-2-12(10(13)14,11(15)16)8-9-6-4-3-5-7-9/h11-14H,1-10H2;3-7H,2,8H2,1H3,(H,13,14)(H,15,16)/b12-11-;. The summed E-state index contributed by atoms with van der Waals surface area (Å²) >= 11 is 0. The minimum absolute atomic E-state index is 0.00894. The average Bonchev–Trinajstić information content (AvgIpc) is 2.88. The van der Waals surface area contributed by atoms with Crippen LogP contribution in [-0.2, 0) is 35.1 Å². The Morgan fingerprint density at radius 2 is 1.19 bits per heavy atom. The third kappa shape index (κ3) is 9.47. The van der Waals surface area contributed by atoms with Crippen LogP contribution in [0.15, 0.2) is 42.5 Å². The van der Waals surface area contributed by atoms with Gasteiger partial charge in [-0.2, -0.15) is 0 Å². The molecule has 2 N–H and O–H groups in total. The average molecular weight is 503 g/mol. The number of carbonyl (C=O) groups excluding carboxylic acids is 2. The Morgan fingerprint density at radius 3 is 1.56 bits per heavy atom. The lowest BCUT2D eigenvalue weighted by molar-refractivity contribution is -0.165. The fraction of sp³-hybridized carbons (Fsp3) is 0.571. The number of hydrogen-bond donors (Lipinski definition) is 2. The Balaban J connectivity index is 0.000000261. The van der Waals surface area contributed by atoms with Gasteiger partial charge >= 0.3 is 23.9 Å². The number of hydrogen-bond acceptors (Lipinski definition) is 6. The number of rotatable bonds is 9. The number of esters is 2. The van der Waals surface area contributed by atoms with E-state index in [0.717, 1.165) is 51.4 Å². The van der Waals surface area contributed by atoms with E-state index in [9.17, 15) is 19.2 Å². The molecule has 8 nitrogen and oxygen atoms in total. The highest BCUT2D eigenvalue weighted by Gasteiger charge is 2.44. The largest absolute Gasteiger partial charge is 0.480 e. The van der Waals surface area contributed by atoms with E-state index in [1.807, 2.05) is 0 Å². The van der Waals surface area contributed by atoms with Crippen molar-refractivity contribution in [1.29, 1.82) is 0 Å². The zero-order valence-corrected chi connectivity index (χ0v) is 21.0. The zero-order valence-electron chi connectivity index (χ0n) is 21.0. The fourth-order valence-corrected chi connectivity index (χ4v) is 4.52. The van der Waals surface area contributed by atoms with Crippen LogP contribution in [0.4, 0.5) is 0 Å². The molecule has 0 unspecified atom stereocenters. The summed E-state index contributed by atoms with van der Waals surface area (Å²) in [6.07, 6.45) is 13.2. The van der Waals surface area contributed by atoms with Crippen molar-refractivity contribution in [2.24, 2.45) is 5.41 Å². The number of carbonyl (C=O) groups is 4. The molecule has 1 aromatic carbocycles. The van der Waals surface area contributed by atoms with Gasteiger partial charge < -0.3 is 19.7 Å². The molecule has 2 aliphatic carbocycles. The van der Waals surface area contributed by atoms with E-state index < -0.39 is 29.3 Å². The smallest absolute Gasteiger partial charge is 0.331 e. The first-order valence-corrected chi connectivity index (χ1v) is 12.9. The molecule has 1 aromatic rings. The number of carboxylic acids is 2. The summed E-state index contributed by atoms with van der Waals surface area (Å²) < 4.78 is 10.6. The van der Waals surface area contributed by atoms with Gasteiger partial charge in [0.2, 0.25) is 0 Å². The summed E-state index contributed by atoms with van der Waals surface area (Å²) in [5, 5.41) is 18.1. The molecule has 36 heavy (non-hydrogen) atoms. The first-order valence-electron chi connectivity index (χ1n) is 12.9. The molecule has 0 aromatic heterocycles. The molecule has 3 rings (SSSR count). The summed E-state index contributed by atoms with van der Waals surface area (Å²) in [6.45, 7) is 1.57. The zero-order chi connectivity index (χ0) is 26.4. The first-order chi connectivity index (χ1) is 17.3. The van der Waals surface area contributed by atoms with Crippen LogP contribution in [0, 0.1) is 5.41 Å². The van der Waals surface area contributed by atoms with Crippen molar-refractivity contribution >= 4 is 23.9 Å². The molecular weight excluding hydrogens is 464 g/mol. The van der Waals surface area contributed by atoms with E-state index in [2.05, 4.69) is 0 Å². The van der Waals surface area contributed by atoms with E-state index in [0.29, 0.717) is 5.56 Å². The predicted octanol–water partition coefficient (Wildman–Crippen LogP) is 5.09. The van der Waals surface area contributed by atoms with Crippen molar-refractivity contribution in [3.8, 4) is 0 Å². The second kappa shape index (κ2) is 15.1. The van der Waals surface area contributed by atoms with Gasteiger partial charge in [-0.3, -0.25) is 9.59 Å². The van der Waals surface area contributed by atoms with Crippen molar-refractivity contribution in [2.45, 2.75) is 96.2 Å². The van der Waals surface area contributed by atoms with Gasteiger partial charge in [-0.25, -0.2) is 9.59 Å². The van der Waals surface area contributed by atoms with E-state index in [1.165, 1.54) is 25.0 Å². The van der Waals surface area contributed by atoms with Gasteiger partial charge in [0.15, 0.2) is 5.41 Å². The molecule has 0 saturated heterocycles. The summed E-state index contributed by atoms with van der Waals surface area (Å²) in [7, 11) is 0. The van der Waals surface area contributed by atoms with E-state index in [-0.39, 0.29) is 25.0 Å². The number of benzene rings is 1. The van der Waals surface area contributed by atoms with Gasteiger partial charge in [0, 0.05) is 12.2 Å². The maximum Gasteiger partial charge on any atom is 0.331 e. The molecule has 2 saturated carbocycles. The molecule has 2 fully saturated rings. The fourth-order valence-electron chi connectivity index (χ4n) is 4.52. The van der Waals surface area contributed by atoms with E-state index in [4.69, 9.17) is 19.7 Å². The van der Waals surface area contributed by atoms with Gasteiger partial charge in [-0.05, 0) is 69.8 Å². The second-order valence-electron chi connectivity index (χ2n) is 9.44. The van der Waals surface area contributed by atoms with Crippen LogP contribution in [0.3, 0.4) is 0 Å². The molecule has 2 aliphatic rings. The van der Waals surface area contributed by atoms with Crippen molar-refractivity contribution in [3.63, 3.8) is 0 Å². The Bertz CT molecular complexity index is 832. The van der Waals surface area contributed by atoms with Crippen LogP contribution < -0.4 is 0 Å². The lowest BCUT2D eigenvalue weighted by Gasteiger charge is -2.23. The minimum atomic E-state index is -1.72. The van der Waals surface area contributed by atoms with Gasteiger partial charge in [0.1, 0.15) is 12.2 Å². The highest BCUT2D eigenvalue weighted by Crippen LogP contribution is 2.28. The Hall–Kier alpha value is -3.16. The summed E-state index contributed by atoms with van der Waals surface area (Å²) in [5.74, 6) is -3.44.